The van der Waals surface area contributed by atoms with Crippen molar-refractivity contribution in [3.05, 3.63) is 29.3 Å². The molecular weight excluding hydrogens is 226 g/mol. The number of rotatable bonds is 5. The van der Waals surface area contributed by atoms with Crippen molar-refractivity contribution in [1.29, 1.82) is 5.26 Å². The Balaban J connectivity index is 1.87. The van der Waals surface area contributed by atoms with Crippen LogP contribution in [0.25, 0.3) is 0 Å². The zero-order chi connectivity index (χ0) is 13.0. The molecule has 1 fully saturated rings. The van der Waals surface area contributed by atoms with Crippen LogP contribution in [0.3, 0.4) is 0 Å². The van der Waals surface area contributed by atoms with E-state index in [1.165, 1.54) is 12.8 Å². The number of nitriles is 1. The molecule has 2 rings (SSSR count). The Morgan fingerprint density at radius 2 is 2.28 bits per heavy atom. The molecule has 1 saturated carbocycles. The van der Waals surface area contributed by atoms with E-state index in [9.17, 15) is 4.79 Å². The minimum atomic E-state index is -0.0613. The van der Waals surface area contributed by atoms with Crippen LogP contribution in [0.15, 0.2) is 18.2 Å². The first-order valence-corrected chi connectivity index (χ1v) is 6.20. The summed E-state index contributed by atoms with van der Waals surface area (Å²) in [5.74, 6) is 0.704. The van der Waals surface area contributed by atoms with Crippen molar-refractivity contribution in [3.8, 4) is 6.07 Å². The maximum absolute atomic E-state index is 11.7. The van der Waals surface area contributed by atoms with Gasteiger partial charge in [-0.3, -0.25) is 4.79 Å². The van der Waals surface area contributed by atoms with Crippen LogP contribution in [-0.2, 0) is 4.79 Å². The second-order valence-electron chi connectivity index (χ2n) is 4.76. The standard InChI is InChI=1S/C14H17N3O/c1-10-2-3-12(7-15)6-13(10)17-14(18)9-16-8-11-4-5-11/h2-3,6,11,16H,4-5,8-9H2,1H3,(H,17,18). The Hall–Kier alpha value is -1.86. The Morgan fingerprint density at radius 3 is 2.94 bits per heavy atom. The molecule has 0 aliphatic heterocycles. The van der Waals surface area contributed by atoms with Crippen LogP contribution in [0, 0.1) is 24.2 Å². The number of amides is 1. The summed E-state index contributed by atoms with van der Waals surface area (Å²) in [7, 11) is 0. The van der Waals surface area contributed by atoms with Gasteiger partial charge < -0.3 is 10.6 Å². The van der Waals surface area contributed by atoms with Crippen molar-refractivity contribution in [3.63, 3.8) is 0 Å². The largest absolute Gasteiger partial charge is 0.325 e. The quantitative estimate of drug-likeness (QED) is 0.828. The molecule has 4 heteroatoms. The fourth-order valence-corrected chi connectivity index (χ4v) is 1.73. The summed E-state index contributed by atoms with van der Waals surface area (Å²) >= 11 is 0. The average molecular weight is 243 g/mol. The first-order chi connectivity index (χ1) is 8.69. The van der Waals surface area contributed by atoms with Gasteiger partial charge in [0.25, 0.3) is 0 Å². The number of benzene rings is 1. The predicted octanol–water partition coefficient (Wildman–Crippen LogP) is 1.80. The second kappa shape index (κ2) is 5.65. The third kappa shape index (κ3) is 3.57. The van der Waals surface area contributed by atoms with Crippen molar-refractivity contribution in [2.75, 3.05) is 18.4 Å². The molecule has 1 aromatic carbocycles. The fourth-order valence-electron chi connectivity index (χ4n) is 1.73. The van der Waals surface area contributed by atoms with Gasteiger partial charge >= 0.3 is 0 Å². The highest BCUT2D eigenvalue weighted by molar-refractivity contribution is 5.93. The molecule has 18 heavy (non-hydrogen) atoms. The van der Waals surface area contributed by atoms with Gasteiger partial charge in [-0.2, -0.15) is 5.26 Å². The van der Waals surface area contributed by atoms with Gasteiger partial charge in [-0.05, 0) is 49.9 Å². The lowest BCUT2D eigenvalue weighted by Gasteiger charge is -2.09. The van der Waals surface area contributed by atoms with Gasteiger partial charge in [0.15, 0.2) is 0 Å². The lowest BCUT2D eigenvalue weighted by atomic mass is 10.1. The summed E-state index contributed by atoms with van der Waals surface area (Å²) < 4.78 is 0. The van der Waals surface area contributed by atoms with Gasteiger partial charge in [0.2, 0.25) is 5.91 Å². The number of hydrogen-bond acceptors (Lipinski definition) is 3. The number of aryl methyl sites for hydroxylation is 1. The van der Waals surface area contributed by atoms with E-state index in [-0.39, 0.29) is 5.91 Å². The minimum Gasteiger partial charge on any atom is -0.325 e. The molecule has 0 atom stereocenters. The molecule has 0 heterocycles. The topological polar surface area (TPSA) is 64.9 Å². The van der Waals surface area contributed by atoms with Crippen molar-refractivity contribution in [2.24, 2.45) is 5.92 Å². The Labute approximate surface area is 107 Å². The van der Waals surface area contributed by atoms with Crippen molar-refractivity contribution >= 4 is 11.6 Å². The minimum absolute atomic E-state index is 0.0613. The van der Waals surface area contributed by atoms with E-state index in [0.29, 0.717) is 17.8 Å². The van der Waals surface area contributed by atoms with E-state index in [2.05, 4.69) is 16.7 Å². The molecule has 0 unspecified atom stereocenters. The molecule has 1 amide bonds. The summed E-state index contributed by atoms with van der Waals surface area (Å²) in [6, 6.07) is 7.36. The number of hydrogen-bond donors (Lipinski definition) is 2. The highest BCUT2D eigenvalue weighted by atomic mass is 16.1. The van der Waals surface area contributed by atoms with Crippen LogP contribution >= 0.6 is 0 Å². The van der Waals surface area contributed by atoms with E-state index in [1.54, 1.807) is 12.1 Å². The summed E-state index contributed by atoms with van der Waals surface area (Å²) in [6.07, 6.45) is 2.55. The van der Waals surface area contributed by atoms with E-state index in [1.807, 2.05) is 13.0 Å². The fraction of sp³-hybridized carbons (Fsp3) is 0.429. The molecule has 0 spiro atoms. The number of carbonyl (C=O) groups excluding carboxylic acids is 1. The summed E-state index contributed by atoms with van der Waals surface area (Å²) in [6.45, 7) is 3.16. The molecular formula is C14H17N3O. The van der Waals surface area contributed by atoms with Gasteiger partial charge in [-0.15, -0.1) is 0 Å². The number of anilines is 1. The first-order valence-electron chi connectivity index (χ1n) is 6.20. The first kappa shape index (κ1) is 12.6. The second-order valence-corrected chi connectivity index (χ2v) is 4.76. The van der Waals surface area contributed by atoms with Crippen molar-refractivity contribution in [1.82, 2.24) is 5.32 Å². The lowest BCUT2D eigenvalue weighted by Crippen LogP contribution is -2.29. The highest BCUT2D eigenvalue weighted by Gasteiger charge is 2.20. The molecule has 0 radical (unpaired) electrons. The highest BCUT2D eigenvalue weighted by Crippen LogP contribution is 2.27. The van der Waals surface area contributed by atoms with Crippen LogP contribution in [0.5, 0.6) is 0 Å². The molecule has 1 aromatic rings. The molecule has 0 saturated heterocycles. The monoisotopic (exact) mass is 243 g/mol. The van der Waals surface area contributed by atoms with Crippen molar-refractivity contribution in [2.45, 2.75) is 19.8 Å². The smallest absolute Gasteiger partial charge is 0.238 e. The van der Waals surface area contributed by atoms with Gasteiger partial charge in [-0.1, -0.05) is 6.07 Å². The van der Waals surface area contributed by atoms with Crippen LogP contribution < -0.4 is 10.6 Å². The number of carbonyl (C=O) groups is 1. The molecule has 94 valence electrons. The SMILES string of the molecule is Cc1ccc(C#N)cc1NC(=O)CNCC1CC1. The predicted molar refractivity (Wildman–Crippen MR) is 70.1 cm³/mol. The maximum atomic E-state index is 11.7. The lowest BCUT2D eigenvalue weighted by molar-refractivity contribution is -0.115. The molecule has 4 nitrogen and oxygen atoms in total. The summed E-state index contributed by atoms with van der Waals surface area (Å²) in [5.41, 5.74) is 2.23. The van der Waals surface area contributed by atoms with Gasteiger partial charge in [0, 0.05) is 5.69 Å². The Morgan fingerprint density at radius 1 is 1.50 bits per heavy atom. The van der Waals surface area contributed by atoms with Crippen LogP contribution in [0.4, 0.5) is 5.69 Å². The molecule has 1 aliphatic carbocycles. The number of nitrogens with zero attached hydrogens (tertiary/aromatic N) is 1. The van der Waals surface area contributed by atoms with Crippen LogP contribution in [-0.4, -0.2) is 19.0 Å². The summed E-state index contributed by atoms with van der Waals surface area (Å²) in [5, 5.41) is 14.8. The zero-order valence-electron chi connectivity index (χ0n) is 10.5. The zero-order valence-corrected chi connectivity index (χ0v) is 10.5. The van der Waals surface area contributed by atoms with Gasteiger partial charge in [0.1, 0.15) is 0 Å². The van der Waals surface area contributed by atoms with E-state index in [0.717, 1.165) is 18.0 Å². The molecule has 0 bridgehead atoms. The van der Waals surface area contributed by atoms with Crippen LogP contribution in [0.1, 0.15) is 24.0 Å². The van der Waals surface area contributed by atoms with E-state index < -0.39 is 0 Å². The molecule has 1 aliphatic rings. The summed E-state index contributed by atoms with van der Waals surface area (Å²) in [4.78, 5) is 11.7. The van der Waals surface area contributed by atoms with Crippen molar-refractivity contribution < 1.29 is 4.79 Å². The average Bonchev–Trinajstić information content (AvgIpc) is 3.16. The number of nitrogens with one attached hydrogen (secondary N) is 2. The van der Waals surface area contributed by atoms with Gasteiger partial charge in [-0.25, -0.2) is 0 Å². The third-order valence-electron chi connectivity index (χ3n) is 3.06. The normalized spacial score (nSPS) is 14.0. The van der Waals surface area contributed by atoms with Crippen LogP contribution in [0.2, 0.25) is 0 Å². The van der Waals surface area contributed by atoms with E-state index in [4.69, 9.17) is 5.26 Å². The Bertz CT molecular complexity index is 486. The molecule has 0 aromatic heterocycles. The molecule has 2 N–H and O–H groups in total. The van der Waals surface area contributed by atoms with Gasteiger partial charge in [0.05, 0.1) is 18.2 Å². The third-order valence-corrected chi connectivity index (χ3v) is 3.06. The maximum Gasteiger partial charge on any atom is 0.238 e. The van der Waals surface area contributed by atoms with E-state index >= 15 is 0 Å². The Kier molecular flexibility index (Phi) is 3.96.